The van der Waals surface area contributed by atoms with Gasteiger partial charge in [-0.1, -0.05) is 6.07 Å². The summed E-state index contributed by atoms with van der Waals surface area (Å²) in [6.07, 6.45) is -6.27. The van der Waals surface area contributed by atoms with Crippen molar-refractivity contribution in [2.24, 2.45) is 0 Å². The van der Waals surface area contributed by atoms with E-state index in [-0.39, 0.29) is 15.7 Å². The summed E-state index contributed by atoms with van der Waals surface area (Å²) in [6.45, 7) is 0. The first kappa shape index (κ1) is 17.8. The van der Waals surface area contributed by atoms with Crippen LogP contribution in [0.15, 0.2) is 22.7 Å². The molecule has 1 rings (SSSR count). The maximum absolute atomic E-state index is 12.0. The molecule has 21 heavy (non-hydrogen) atoms. The van der Waals surface area contributed by atoms with E-state index in [9.17, 15) is 26.4 Å². The molecule has 0 amide bonds. The monoisotopic (exact) mass is 389 g/mol. The average molecular weight is 390 g/mol. The number of carbonyl (C=O) groups is 1. The van der Waals surface area contributed by atoms with Gasteiger partial charge in [0.05, 0.1) is 17.0 Å². The summed E-state index contributed by atoms with van der Waals surface area (Å²) in [5, 5.41) is 8.97. The summed E-state index contributed by atoms with van der Waals surface area (Å²) in [6, 6.07) is 4.00. The van der Waals surface area contributed by atoms with Gasteiger partial charge in [-0.05, 0) is 34.5 Å². The lowest BCUT2D eigenvalue weighted by molar-refractivity contribution is -0.134. The smallest absolute Gasteiger partial charge is 0.389 e. The second-order valence-corrected chi connectivity index (χ2v) is 6.80. The lowest BCUT2D eigenvalue weighted by Crippen LogP contribution is -2.20. The first-order valence-electron chi connectivity index (χ1n) is 5.61. The zero-order chi connectivity index (χ0) is 16.3. The molecule has 0 aliphatic rings. The van der Waals surface area contributed by atoms with Gasteiger partial charge in [-0.3, -0.25) is 4.72 Å². The van der Waals surface area contributed by atoms with Gasteiger partial charge in [0.15, 0.2) is 0 Å². The van der Waals surface area contributed by atoms with E-state index in [1.54, 1.807) is 0 Å². The average Bonchev–Trinajstić information content (AvgIpc) is 2.29. The zero-order valence-corrected chi connectivity index (χ0v) is 12.8. The van der Waals surface area contributed by atoms with Crippen LogP contribution >= 0.6 is 15.9 Å². The maximum Gasteiger partial charge on any atom is 0.389 e. The predicted molar refractivity (Wildman–Crippen MR) is 73.8 cm³/mol. The van der Waals surface area contributed by atoms with E-state index in [0.29, 0.717) is 0 Å². The SMILES string of the molecule is O=C(O)c1cccc(Br)c1NS(=O)(=O)CCCC(F)(F)F. The second-order valence-electron chi connectivity index (χ2n) is 4.11. The van der Waals surface area contributed by atoms with Gasteiger partial charge in [0, 0.05) is 10.9 Å². The minimum Gasteiger partial charge on any atom is -0.478 e. The van der Waals surface area contributed by atoms with Gasteiger partial charge < -0.3 is 5.11 Å². The molecule has 5 nitrogen and oxygen atoms in total. The van der Waals surface area contributed by atoms with E-state index < -0.39 is 40.8 Å². The lowest BCUT2D eigenvalue weighted by Gasteiger charge is -2.12. The third-order valence-electron chi connectivity index (χ3n) is 2.37. The van der Waals surface area contributed by atoms with Crippen molar-refractivity contribution in [3.63, 3.8) is 0 Å². The van der Waals surface area contributed by atoms with Gasteiger partial charge in [0.1, 0.15) is 0 Å². The highest BCUT2D eigenvalue weighted by molar-refractivity contribution is 9.10. The molecule has 0 saturated carbocycles. The van der Waals surface area contributed by atoms with Crippen molar-refractivity contribution in [1.82, 2.24) is 0 Å². The van der Waals surface area contributed by atoms with E-state index in [4.69, 9.17) is 5.11 Å². The van der Waals surface area contributed by atoms with Crippen LogP contribution in [-0.2, 0) is 10.0 Å². The second kappa shape index (κ2) is 6.65. The van der Waals surface area contributed by atoms with Crippen LogP contribution in [0.25, 0.3) is 0 Å². The molecule has 1 aromatic carbocycles. The summed E-state index contributed by atoms with van der Waals surface area (Å²) in [4.78, 5) is 11.0. The van der Waals surface area contributed by atoms with Crippen molar-refractivity contribution in [3.8, 4) is 0 Å². The highest BCUT2D eigenvalue weighted by Crippen LogP contribution is 2.28. The molecule has 0 radical (unpaired) electrons. The number of sulfonamides is 1. The highest BCUT2D eigenvalue weighted by atomic mass is 79.9. The van der Waals surface area contributed by atoms with Crippen LogP contribution in [0.2, 0.25) is 0 Å². The number of hydrogen-bond donors (Lipinski definition) is 2. The van der Waals surface area contributed by atoms with Gasteiger partial charge in [0.25, 0.3) is 0 Å². The summed E-state index contributed by atoms with van der Waals surface area (Å²) in [5.41, 5.74) is -0.513. The topological polar surface area (TPSA) is 83.5 Å². The fourth-order valence-electron chi connectivity index (χ4n) is 1.48. The Balaban J connectivity index is 2.87. The molecule has 0 bridgehead atoms. The number of nitrogens with one attached hydrogen (secondary N) is 1. The summed E-state index contributed by atoms with van der Waals surface area (Å²) < 4.78 is 61.6. The van der Waals surface area contributed by atoms with Crippen molar-refractivity contribution in [3.05, 3.63) is 28.2 Å². The molecule has 0 fully saturated rings. The molecule has 0 unspecified atom stereocenters. The Bertz CT molecular complexity index is 631. The van der Waals surface area contributed by atoms with Crippen LogP contribution in [0.5, 0.6) is 0 Å². The molecular formula is C11H11BrF3NO4S. The first-order chi connectivity index (χ1) is 9.52. The Labute approximate surface area is 127 Å². The molecule has 0 spiro atoms. The minimum absolute atomic E-state index is 0.182. The third-order valence-corrected chi connectivity index (χ3v) is 4.38. The number of alkyl halides is 3. The van der Waals surface area contributed by atoms with Gasteiger partial charge >= 0.3 is 12.1 Å². The number of carboxylic acids is 1. The molecule has 118 valence electrons. The number of halogens is 4. The van der Waals surface area contributed by atoms with Gasteiger partial charge in [-0.2, -0.15) is 13.2 Å². The van der Waals surface area contributed by atoms with Crippen molar-refractivity contribution in [2.45, 2.75) is 19.0 Å². The summed E-state index contributed by atoms with van der Waals surface area (Å²) in [7, 11) is -4.08. The van der Waals surface area contributed by atoms with Crippen molar-refractivity contribution in [1.29, 1.82) is 0 Å². The summed E-state index contributed by atoms with van der Waals surface area (Å²) in [5.74, 6) is -2.11. The molecule has 0 aliphatic carbocycles. The van der Waals surface area contributed by atoms with E-state index >= 15 is 0 Å². The number of anilines is 1. The first-order valence-corrected chi connectivity index (χ1v) is 8.05. The Morgan fingerprint density at radius 2 is 1.95 bits per heavy atom. The van der Waals surface area contributed by atoms with Crippen LogP contribution < -0.4 is 4.72 Å². The fraction of sp³-hybridized carbons (Fsp3) is 0.364. The molecule has 0 heterocycles. The molecule has 2 N–H and O–H groups in total. The van der Waals surface area contributed by atoms with Crippen LogP contribution in [0, 0.1) is 0 Å². The third kappa shape index (κ3) is 5.92. The van der Waals surface area contributed by atoms with E-state index in [2.05, 4.69) is 15.9 Å². The normalized spacial score (nSPS) is 12.2. The number of para-hydroxylation sites is 1. The van der Waals surface area contributed by atoms with Crippen LogP contribution in [0.4, 0.5) is 18.9 Å². The van der Waals surface area contributed by atoms with Gasteiger partial charge in [-0.15, -0.1) is 0 Å². The van der Waals surface area contributed by atoms with Crippen molar-refractivity contribution < 1.29 is 31.5 Å². The van der Waals surface area contributed by atoms with Crippen LogP contribution in [0.1, 0.15) is 23.2 Å². The molecule has 0 atom stereocenters. The Kier molecular flexibility index (Phi) is 5.62. The predicted octanol–water partition coefficient (Wildman–Crippen LogP) is 3.23. The van der Waals surface area contributed by atoms with Crippen LogP contribution in [0.3, 0.4) is 0 Å². The van der Waals surface area contributed by atoms with E-state index in [1.807, 2.05) is 4.72 Å². The molecule has 1 aromatic rings. The molecular weight excluding hydrogens is 379 g/mol. The number of aromatic carboxylic acids is 1. The summed E-state index contributed by atoms with van der Waals surface area (Å²) >= 11 is 3.00. The molecule has 10 heteroatoms. The zero-order valence-electron chi connectivity index (χ0n) is 10.4. The van der Waals surface area contributed by atoms with Gasteiger partial charge in [-0.25, -0.2) is 13.2 Å². The van der Waals surface area contributed by atoms with E-state index in [0.717, 1.165) is 0 Å². The van der Waals surface area contributed by atoms with Crippen molar-refractivity contribution in [2.75, 3.05) is 10.5 Å². The highest BCUT2D eigenvalue weighted by Gasteiger charge is 2.28. The lowest BCUT2D eigenvalue weighted by atomic mass is 10.2. The fourth-order valence-corrected chi connectivity index (χ4v) is 3.23. The quantitative estimate of drug-likeness (QED) is 0.782. The Morgan fingerprint density at radius 3 is 2.48 bits per heavy atom. The number of rotatable bonds is 6. The number of benzene rings is 1. The largest absolute Gasteiger partial charge is 0.478 e. The Morgan fingerprint density at radius 1 is 1.33 bits per heavy atom. The number of hydrogen-bond acceptors (Lipinski definition) is 3. The maximum atomic E-state index is 12.0. The standard InChI is InChI=1S/C11H11BrF3NO4S/c12-8-4-1-3-7(10(17)18)9(8)16-21(19,20)6-2-5-11(13,14)15/h1,3-4,16H,2,5-6H2,(H,17,18). The van der Waals surface area contributed by atoms with E-state index in [1.165, 1.54) is 18.2 Å². The Hall–Kier alpha value is -1.29. The van der Waals surface area contributed by atoms with Crippen LogP contribution in [-0.4, -0.2) is 31.4 Å². The molecule has 0 saturated heterocycles. The molecule has 0 aliphatic heterocycles. The van der Waals surface area contributed by atoms with Crippen molar-refractivity contribution >= 4 is 37.6 Å². The molecule has 0 aromatic heterocycles. The number of carboxylic acid groups (broad SMARTS) is 1. The minimum atomic E-state index is -4.44. The van der Waals surface area contributed by atoms with Gasteiger partial charge in [0.2, 0.25) is 10.0 Å².